The third-order valence-corrected chi connectivity index (χ3v) is 4.18. The number of nitrogens with one attached hydrogen (secondary N) is 2. The lowest BCUT2D eigenvalue weighted by atomic mass is 10.1. The molecule has 6 heteroatoms. The maximum atomic E-state index is 11.9. The normalized spacial score (nSPS) is 21.5. The van der Waals surface area contributed by atoms with Gasteiger partial charge in [0.25, 0.3) is 0 Å². The van der Waals surface area contributed by atoms with Gasteiger partial charge in [0, 0.05) is 10.5 Å². The van der Waals surface area contributed by atoms with Gasteiger partial charge in [0.1, 0.15) is 0 Å². The van der Waals surface area contributed by atoms with Crippen molar-refractivity contribution in [3.8, 4) is 0 Å². The number of rotatable bonds is 3. The molecule has 5 nitrogen and oxygen atoms in total. The molecule has 1 aromatic carbocycles. The number of hydrogen-bond donors (Lipinski definition) is 3. The molecular weight excluding hydrogens is 324 g/mol. The summed E-state index contributed by atoms with van der Waals surface area (Å²) in [7, 11) is 0. The van der Waals surface area contributed by atoms with E-state index in [0.717, 1.165) is 10.0 Å². The Kier molecular flexibility index (Phi) is 4.65. The highest BCUT2D eigenvalue weighted by atomic mass is 79.9. The summed E-state index contributed by atoms with van der Waals surface area (Å²) < 4.78 is 0.813. The first kappa shape index (κ1) is 14.8. The first-order valence-corrected chi connectivity index (χ1v) is 7.31. The molecule has 2 unspecified atom stereocenters. The van der Waals surface area contributed by atoms with Crippen LogP contribution in [0, 0.1) is 12.8 Å². The summed E-state index contributed by atoms with van der Waals surface area (Å²) >= 11 is 3.38. The molecule has 1 fully saturated rings. The van der Waals surface area contributed by atoms with Gasteiger partial charge in [0.05, 0.1) is 11.6 Å². The van der Waals surface area contributed by atoms with E-state index in [1.807, 2.05) is 25.1 Å². The van der Waals surface area contributed by atoms with Crippen LogP contribution in [-0.4, -0.2) is 23.1 Å². The molecule has 1 aliphatic carbocycles. The topological polar surface area (TPSA) is 78.4 Å². The van der Waals surface area contributed by atoms with Crippen molar-refractivity contribution in [3.63, 3.8) is 0 Å². The Balaban J connectivity index is 1.90. The number of aryl methyl sites for hydroxylation is 1. The number of benzene rings is 1. The second kappa shape index (κ2) is 6.26. The van der Waals surface area contributed by atoms with Gasteiger partial charge in [0.15, 0.2) is 0 Å². The van der Waals surface area contributed by atoms with Gasteiger partial charge >= 0.3 is 12.0 Å². The Morgan fingerprint density at radius 2 is 2.10 bits per heavy atom. The van der Waals surface area contributed by atoms with Crippen molar-refractivity contribution in [2.45, 2.75) is 32.2 Å². The number of carbonyl (C=O) groups excluding carboxylic acids is 1. The molecule has 2 rings (SSSR count). The average Bonchev–Trinajstić information content (AvgIpc) is 2.82. The third-order valence-electron chi connectivity index (χ3n) is 3.49. The molecule has 0 spiro atoms. The summed E-state index contributed by atoms with van der Waals surface area (Å²) in [6.07, 6.45) is 1.82. The lowest BCUT2D eigenvalue weighted by Crippen LogP contribution is -2.36. The quantitative estimate of drug-likeness (QED) is 0.790. The van der Waals surface area contributed by atoms with Crippen LogP contribution in [0.4, 0.5) is 10.5 Å². The van der Waals surface area contributed by atoms with E-state index in [1.165, 1.54) is 0 Å². The summed E-state index contributed by atoms with van der Waals surface area (Å²) in [5, 5.41) is 14.5. The summed E-state index contributed by atoms with van der Waals surface area (Å²) in [6.45, 7) is 1.95. The second-order valence-electron chi connectivity index (χ2n) is 5.13. The fraction of sp³-hybridized carbons (Fsp3) is 0.429. The van der Waals surface area contributed by atoms with Crippen molar-refractivity contribution >= 4 is 33.6 Å². The third kappa shape index (κ3) is 3.72. The van der Waals surface area contributed by atoms with Gasteiger partial charge in [-0.05, 0) is 59.8 Å². The predicted octanol–water partition coefficient (Wildman–Crippen LogP) is 3.13. The fourth-order valence-corrected chi connectivity index (χ4v) is 2.76. The van der Waals surface area contributed by atoms with E-state index in [1.54, 1.807) is 0 Å². The van der Waals surface area contributed by atoms with Gasteiger partial charge in [-0.3, -0.25) is 4.79 Å². The van der Waals surface area contributed by atoms with Crippen molar-refractivity contribution in [1.29, 1.82) is 0 Å². The molecule has 1 aromatic rings. The summed E-state index contributed by atoms with van der Waals surface area (Å²) in [6, 6.07) is 5.33. The molecule has 2 amide bonds. The Morgan fingerprint density at radius 1 is 1.35 bits per heavy atom. The molecule has 0 aliphatic heterocycles. The highest BCUT2D eigenvalue weighted by Crippen LogP contribution is 2.26. The van der Waals surface area contributed by atoms with Crippen LogP contribution in [0.5, 0.6) is 0 Å². The zero-order chi connectivity index (χ0) is 14.7. The van der Waals surface area contributed by atoms with E-state index < -0.39 is 5.97 Å². The monoisotopic (exact) mass is 340 g/mol. The molecule has 0 heterocycles. The first-order chi connectivity index (χ1) is 9.45. The zero-order valence-electron chi connectivity index (χ0n) is 11.1. The smallest absolute Gasteiger partial charge is 0.319 e. The van der Waals surface area contributed by atoms with E-state index in [9.17, 15) is 9.59 Å². The Bertz CT molecular complexity index is 533. The van der Waals surface area contributed by atoms with Gasteiger partial charge in [-0.15, -0.1) is 0 Å². The molecule has 20 heavy (non-hydrogen) atoms. The highest BCUT2D eigenvalue weighted by Gasteiger charge is 2.30. The number of amides is 2. The maximum absolute atomic E-state index is 11.9. The van der Waals surface area contributed by atoms with Crippen molar-refractivity contribution in [3.05, 3.63) is 28.2 Å². The van der Waals surface area contributed by atoms with Crippen LogP contribution in [0.1, 0.15) is 24.8 Å². The standard InChI is InChI=1S/C14H17BrN2O3/c1-8-2-5-11(15)12(6-8)17-14(20)16-10-4-3-9(7-10)13(18)19/h2,5-6,9-10H,3-4,7H2,1H3,(H,18,19)(H2,16,17,20). The molecule has 108 valence electrons. The number of carbonyl (C=O) groups is 2. The van der Waals surface area contributed by atoms with Crippen LogP contribution in [0.15, 0.2) is 22.7 Å². The van der Waals surface area contributed by atoms with E-state index in [4.69, 9.17) is 5.11 Å². The Hall–Kier alpha value is -1.56. The molecule has 1 aliphatic rings. The molecule has 0 saturated heterocycles. The van der Waals surface area contributed by atoms with Crippen LogP contribution in [0.25, 0.3) is 0 Å². The summed E-state index contributed by atoms with van der Waals surface area (Å²) in [4.78, 5) is 22.8. The lowest BCUT2D eigenvalue weighted by molar-refractivity contribution is -0.141. The molecular formula is C14H17BrN2O3. The van der Waals surface area contributed by atoms with Gasteiger partial charge in [-0.25, -0.2) is 4.79 Å². The van der Waals surface area contributed by atoms with Gasteiger partial charge in [0.2, 0.25) is 0 Å². The molecule has 0 bridgehead atoms. The molecule has 3 N–H and O–H groups in total. The van der Waals surface area contributed by atoms with Crippen molar-refractivity contribution < 1.29 is 14.7 Å². The van der Waals surface area contributed by atoms with Crippen LogP contribution in [0.2, 0.25) is 0 Å². The maximum Gasteiger partial charge on any atom is 0.319 e. The van der Waals surface area contributed by atoms with Crippen molar-refractivity contribution in [2.75, 3.05) is 5.32 Å². The van der Waals surface area contributed by atoms with E-state index in [-0.39, 0.29) is 18.0 Å². The fourth-order valence-electron chi connectivity index (χ4n) is 2.42. The summed E-state index contributed by atoms with van der Waals surface area (Å²) in [5.41, 5.74) is 1.76. The largest absolute Gasteiger partial charge is 0.481 e. The first-order valence-electron chi connectivity index (χ1n) is 6.52. The number of hydrogen-bond acceptors (Lipinski definition) is 2. The molecule has 2 atom stereocenters. The van der Waals surface area contributed by atoms with Crippen LogP contribution in [0.3, 0.4) is 0 Å². The average molecular weight is 341 g/mol. The molecule has 0 radical (unpaired) electrons. The molecule has 0 aromatic heterocycles. The number of halogens is 1. The molecule has 1 saturated carbocycles. The van der Waals surface area contributed by atoms with Crippen molar-refractivity contribution in [1.82, 2.24) is 5.32 Å². The summed E-state index contributed by atoms with van der Waals surface area (Å²) in [5.74, 6) is -1.12. The van der Waals surface area contributed by atoms with Crippen LogP contribution in [-0.2, 0) is 4.79 Å². The van der Waals surface area contributed by atoms with E-state index in [2.05, 4.69) is 26.6 Å². The number of carboxylic acids is 1. The minimum absolute atomic E-state index is 0.0697. The van der Waals surface area contributed by atoms with Crippen LogP contribution >= 0.6 is 15.9 Å². The van der Waals surface area contributed by atoms with Gasteiger partial charge in [-0.1, -0.05) is 6.07 Å². The van der Waals surface area contributed by atoms with E-state index >= 15 is 0 Å². The number of urea groups is 1. The predicted molar refractivity (Wildman–Crippen MR) is 79.8 cm³/mol. The van der Waals surface area contributed by atoms with E-state index in [0.29, 0.717) is 24.9 Å². The number of aliphatic carboxylic acids is 1. The SMILES string of the molecule is Cc1ccc(Br)c(NC(=O)NC2CCC(C(=O)O)C2)c1. The Morgan fingerprint density at radius 3 is 2.75 bits per heavy atom. The Labute approximate surface area is 125 Å². The lowest BCUT2D eigenvalue weighted by Gasteiger charge is -2.14. The van der Waals surface area contributed by atoms with Gasteiger partial charge in [-0.2, -0.15) is 0 Å². The highest BCUT2D eigenvalue weighted by molar-refractivity contribution is 9.10. The zero-order valence-corrected chi connectivity index (χ0v) is 12.7. The number of anilines is 1. The number of carboxylic acid groups (broad SMARTS) is 1. The van der Waals surface area contributed by atoms with Crippen LogP contribution < -0.4 is 10.6 Å². The van der Waals surface area contributed by atoms with Crippen molar-refractivity contribution in [2.24, 2.45) is 5.92 Å². The minimum Gasteiger partial charge on any atom is -0.481 e. The minimum atomic E-state index is -0.781. The second-order valence-corrected chi connectivity index (χ2v) is 5.98. The van der Waals surface area contributed by atoms with Gasteiger partial charge < -0.3 is 15.7 Å².